The fourth-order valence-corrected chi connectivity index (χ4v) is 2.90. The summed E-state index contributed by atoms with van der Waals surface area (Å²) in [5.41, 5.74) is 1.27. The van der Waals surface area contributed by atoms with Crippen molar-refractivity contribution < 1.29 is 4.74 Å². The summed E-state index contributed by atoms with van der Waals surface area (Å²) in [7, 11) is 1.73. The van der Waals surface area contributed by atoms with Crippen LogP contribution in [0.1, 0.15) is 63.2 Å². The predicted molar refractivity (Wildman–Crippen MR) is 78.2 cm³/mol. The van der Waals surface area contributed by atoms with Gasteiger partial charge in [-0.05, 0) is 6.92 Å². The topological polar surface area (TPSA) is 34.1 Å². The Hall–Kier alpha value is -0.450. The Kier molecular flexibility index (Phi) is 5.32. The number of rotatable bonds is 5. The molecule has 0 aliphatic rings. The minimum Gasteiger partial charge on any atom is -0.375 e. The molecule has 1 heterocycles. The third kappa shape index (κ3) is 4.04. The summed E-state index contributed by atoms with van der Waals surface area (Å²) < 4.78 is 5.37. The number of thiazole rings is 1. The lowest BCUT2D eigenvalue weighted by Crippen LogP contribution is -2.23. The number of nitrogens with zero attached hydrogens (tertiary/aromatic N) is 1. The molecule has 18 heavy (non-hydrogen) atoms. The van der Waals surface area contributed by atoms with Crippen LogP contribution in [0.3, 0.4) is 0 Å². The minimum absolute atomic E-state index is 0.0731. The second-order valence-electron chi connectivity index (χ2n) is 5.99. The Balaban J connectivity index is 3.01. The van der Waals surface area contributed by atoms with Crippen molar-refractivity contribution in [3.8, 4) is 0 Å². The van der Waals surface area contributed by atoms with Gasteiger partial charge in [0.05, 0.1) is 5.69 Å². The van der Waals surface area contributed by atoms with Crippen molar-refractivity contribution >= 4 is 11.3 Å². The van der Waals surface area contributed by atoms with E-state index in [2.05, 4.69) is 39.9 Å². The molecule has 0 radical (unpaired) electrons. The molecule has 0 fully saturated rings. The van der Waals surface area contributed by atoms with Crippen LogP contribution in [0, 0.1) is 0 Å². The van der Waals surface area contributed by atoms with E-state index < -0.39 is 0 Å². The van der Waals surface area contributed by atoms with Gasteiger partial charge in [-0.15, -0.1) is 11.3 Å². The molecule has 0 amide bonds. The zero-order chi connectivity index (χ0) is 13.9. The molecule has 1 aromatic rings. The molecule has 1 atom stereocenters. The van der Waals surface area contributed by atoms with E-state index >= 15 is 0 Å². The molecule has 3 nitrogen and oxygen atoms in total. The SMILES string of the molecule is COC(C)c1nc(C(C)(C)C)c(CNC(C)C)s1. The fourth-order valence-electron chi connectivity index (χ4n) is 1.65. The average molecular weight is 270 g/mol. The molecule has 1 unspecified atom stereocenters. The van der Waals surface area contributed by atoms with Crippen LogP contribution in [-0.4, -0.2) is 18.1 Å². The highest BCUT2D eigenvalue weighted by Gasteiger charge is 2.24. The van der Waals surface area contributed by atoms with E-state index in [4.69, 9.17) is 9.72 Å². The van der Waals surface area contributed by atoms with Crippen molar-refractivity contribution in [3.63, 3.8) is 0 Å². The summed E-state index contributed by atoms with van der Waals surface area (Å²) in [6.07, 6.45) is 0.0731. The van der Waals surface area contributed by atoms with Gasteiger partial charge >= 0.3 is 0 Å². The summed E-state index contributed by atoms with van der Waals surface area (Å²) in [5, 5.41) is 4.55. The van der Waals surface area contributed by atoms with Gasteiger partial charge in [0.25, 0.3) is 0 Å². The molecule has 0 bridgehead atoms. The second kappa shape index (κ2) is 6.13. The molecule has 0 spiro atoms. The van der Waals surface area contributed by atoms with Gasteiger partial charge in [-0.25, -0.2) is 4.98 Å². The minimum atomic E-state index is 0.0731. The summed E-state index contributed by atoms with van der Waals surface area (Å²) in [6.45, 7) is 13.9. The van der Waals surface area contributed by atoms with Gasteiger partial charge in [0.15, 0.2) is 0 Å². The lowest BCUT2D eigenvalue weighted by molar-refractivity contribution is 0.119. The first kappa shape index (κ1) is 15.6. The molecule has 1 rings (SSSR count). The van der Waals surface area contributed by atoms with Gasteiger partial charge in [0, 0.05) is 30.0 Å². The number of aromatic nitrogens is 1. The normalized spacial score (nSPS) is 14.2. The molecule has 0 aliphatic carbocycles. The predicted octanol–water partition coefficient (Wildman–Crippen LogP) is 3.65. The largest absolute Gasteiger partial charge is 0.375 e. The molecule has 1 aromatic heterocycles. The second-order valence-corrected chi connectivity index (χ2v) is 7.10. The maximum atomic E-state index is 5.37. The van der Waals surface area contributed by atoms with Gasteiger partial charge in [-0.3, -0.25) is 0 Å². The fraction of sp³-hybridized carbons (Fsp3) is 0.786. The van der Waals surface area contributed by atoms with E-state index in [1.807, 2.05) is 6.92 Å². The Morgan fingerprint density at radius 1 is 1.28 bits per heavy atom. The molecular weight excluding hydrogens is 244 g/mol. The van der Waals surface area contributed by atoms with E-state index in [9.17, 15) is 0 Å². The quantitative estimate of drug-likeness (QED) is 0.887. The molecule has 0 saturated carbocycles. The van der Waals surface area contributed by atoms with Crippen LogP contribution in [0.25, 0.3) is 0 Å². The number of hydrogen-bond donors (Lipinski definition) is 1. The molecule has 0 aromatic carbocycles. The Morgan fingerprint density at radius 2 is 1.89 bits per heavy atom. The Bertz CT molecular complexity index is 380. The summed E-state index contributed by atoms with van der Waals surface area (Å²) in [6, 6.07) is 0.489. The lowest BCUT2D eigenvalue weighted by Gasteiger charge is -2.18. The van der Waals surface area contributed by atoms with Crippen molar-refractivity contribution in [2.75, 3.05) is 7.11 Å². The molecule has 104 valence electrons. The van der Waals surface area contributed by atoms with Crippen LogP contribution in [0.4, 0.5) is 0 Å². The molecule has 4 heteroatoms. The van der Waals surface area contributed by atoms with Crippen LogP contribution in [0.5, 0.6) is 0 Å². The van der Waals surface area contributed by atoms with E-state index in [0.717, 1.165) is 11.6 Å². The summed E-state index contributed by atoms with van der Waals surface area (Å²) in [4.78, 5) is 6.11. The maximum absolute atomic E-state index is 5.37. The highest BCUT2D eigenvalue weighted by atomic mass is 32.1. The number of ether oxygens (including phenoxy) is 1. The summed E-state index contributed by atoms with van der Waals surface area (Å²) >= 11 is 1.76. The van der Waals surface area contributed by atoms with Gasteiger partial charge in [0.2, 0.25) is 0 Å². The zero-order valence-corrected chi connectivity index (χ0v) is 13.4. The standard InChI is InChI=1S/C14H26N2OS/c1-9(2)15-8-11-12(14(4,5)6)16-13(18-11)10(3)17-7/h9-10,15H,8H2,1-7H3. The first-order chi connectivity index (χ1) is 8.25. The Morgan fingerprint density at radius 3 is 2.33 bits per heavy atom. The van der Waals surface area contributed by atoms with Crippen molar-refractivity contribution in [2.24, 2.45) is 0 Å². The van der Waals surface area contributed by atoms with Gasteiger partial charge < -0.3 is 10.1 Å². The smallest absolute Gasteiger partial charge is 0.122 e. The van der Waals surface area contributed by atoms with E-state index in [0.29, 0.717) is 6.04 Å². The Labute approximate surface area is 115 Å². The number of hydrogen-bond acceptors (Lipinski definition) is 4. The highest BCUT2D eigenvalue weighted by Crippen LogP contribution is 2.32. The molecular formula is C14H26N2OS. The van der Waals surface area contributed by atoms with Gasteiger partial charge in [0.1, 0.15) is 11.1 Å². The van der Waals surface area contributed by atoms with Crippen molar-refractivity contribution in [3.05, 3.63) is 15.6 Å². The lowest BCUT2D eigenvalue weighted by atomic mass is 9.91. The van der Waals surface area contributed by atoms with Crippen LogP contribution in [0.15, 0.2) is 0 Å². The van der Waals surface area contributed by atoms with Crippen molar-refractivity contribution in [1.82, 2.24) is 10.3 Å². The van der Waals surface area contributed by atoms with Crippen LogP contribution in [0.2, 0.25) is 0 Å². The number of nitrogens with one attached hydrogen (secondary N) is 1. The highest BCUT2D eigenvalue weighted by molar-refractivity contribution is 7.11. The summed E-state index contributed by atoms with van der Waals surface area (Å²) in [5.74, 6) is 0. The van der Waals surface area contributed by atoms with E-state index in [1.54, 1.807) is 18.4 Å². The van der Waals surface area contributed by atoms with Crippen molar-refractivity contribution in [2.45, 2.75) is 65.6 Å². The zero-order valence-electron chi connectivity index (χ0n) is 12.6. The van der Waals surface area contributed by atoms with Gasteiger partial charge in [-0.2, -0.15) is 0 Å². The van der Waals surface area contributed by atoms with Gasteiger partial charge in [-0.1, -0.05) is 34.6 Å². The third-order valence-electron chi connectivity index (χ3n) is 2.80. The average Bonchev–Trinajstić information content (AvgIpc) is 2.69. The van der Waals surface area contributed by atoms with E-state index in [-0.39, 0.29) is 11.5 Å². The first-order valence-electron chi connectivity index (χ1n) is 6.52. The third-order valence-corrected chi connectivity index (χ3v) is 4.01. The first-order valence-corrected chi connectivity index (χ1v) is 7.33. The maximum Gasteiger partial charge on any atom is 0.122 e. The van der Waals surface area contributed by atoms with Crippen molar-refractivity contribution in [1.29, 1.82) is 0 Å². The molecule has 0 aliphatic heterocycles. The van der Waals surface area contributed by atoms with Crippen LogP contribution in [-0.2, 0) is 16.7 Å². The number of methoxy groups -OCH3 is 1. The van der Waals surface area contributed by atoms with E-state index in [1.165, 1.54) is 10.6 Å². The van der Waals surface area contributed by atoms with Crippen LogP contribution >= 0.6 is 11.3 Å². The monoisotopic (exact) mass is 270 g/mol. The van der Waals surface area contributed by atoms with Crippen LogP contribution < -0.4 is 5.32 Å². The molecule has 0 saturated heterocycles. The molecule has 1 N–H and O–H groups in total.